The summed E-state index contributed by atoms with van der Waals surface area (Å²) in [5.74, 6) is 0.400. The predicted molar refractivity (Wildman–Crippen MR) is 83.3 cm³/mol. The Hall–Kier alpha value is -2.54. The first-order valence-electron chi connectivity index (χ1n) is 6.64. The maximum absolute atomic E-state index is 11.5. The van der Waals surface area contributed by atoms with E-state index in [4.69, 9.17) is 4.74 Å². The highest BCUT2D eigenvalue weighted by atomic mass is 32.2. The van der Waals surface area contributed by atoms with Crippen molar-refractivity contribution in [2.45, 2.75) is 6.54 Å². The Bertz CT molecular complexity index is 708. The number of thioether (sulfide) groups is 1. The summed E-state index contributed by atoms with van der Waals surface area (Å²) in [5, 5.41) is 1.89. The minimum absolute atomic E-state index is 0.337. The molecule has 1 aromatic carbocycles. The van der Waals surface area contributed by atoms with Gasteiger partial charge >= 0.3 is 0 Å². The van der Waals surface area contributed by atoms with Crippen LogP contribution in [0.2, 0.25) is 0 Å². The van der Waals surface area contributed by atoms with Gasteiger partial charge in [0.15, 0.2) is 0 Å². The largest absolute Gasteiger partial charge is 0.492 e. The second kappa shape index (κ2) is 6.48. The number of benzene rings is 1. The van der Waals surface area contributed by atoms with E-state index >= 15 is 0 Å². The number of nitrogens with zero attached hydrogens (tertiary/aromatic N) is 2. The summed E-state index contributed by atoms with van der Waals surface area (Å²) in [7, 11) is 0. The number of hydrogen-bond donors (Lipinski definition) is 1. The van der Waals surface area contributed by atoms with Crippen LogP contribution >= 0.6 is 11.8 Å². The number of amides is 2. The van der Waals surface area contributed by atoms with Gasteiger partial charge < -0.3 is 9.30 Å². The number of carbonyl (C=O) groups excluding carboxylic acids is 2. The molecule has 0 unspecified atom stereocenters. The highest BCUT2D eigenvalue weighted by Crippen LogP contribution is 2.26. The topological polar surface area (TPSA) is 73.2 Å². The van der Waals surface area contributed by atoms with E-state index in [0.717, 1.165) is 29.6 Å². The molecule has 1 fully saturated rings. The fourth-order valence-corrected chi connectivity index (χ4v) is 2.60. The van der Waals surface area contributed by atoms with E-state index in [1.807, 2.05) is 35.0 Å². The molecule has 112 valence electrons. The summed E-state index contributed by atoms with van der Waals surface area (Å²) >= 11 is 0.907. The van der Waals surface area contributed by atoms with Crippen LogP contribution in [0.25, 0.3) is 6.08 Å². The van der Waals surface area contributed by atoms with Crippen LogP contribution in [0.4, 0.5) is 4.79 Å². The van der Waals surface area contributed by atoms with Gasteiger partial charge in [-0.1, -0.05) is 12.1 Å². The summed E-state index contributed by atoms with van der Waals surface area (Å²) in [4.78, 5) is 26.9. The zero-order valence-corrected chi connectivity index (χ0v) is 12.4. The van der Waals surface area contributed by atoms with Crippen LogP contribution < -0.4 is 10.1 Å². The van der Waals surface area contributed by atoms with E-state index in [-0.39, 0.29) is 11.1 Å². The molecule has 2 aromatic rings. The molecule has 3 rings (SSSR count). The molecule has 0 spiro atoms. The number of rotatable bonds is 5. The zero-order valence-electron chi connectivity index (χ0n) is 11.6. The van der Waals surface area contributed by atoms with Crippen LogP contribution in [-0.2, 0) is 11.3 Å². The average Bonchev–Trinajstić information content (AvgIpc) is 3.11. The molecule has 0 radical (unpaired) electrons. The van der Waals surface area contributed by atoms with Crippen molar-refractivity contribution in [3.63, 3.8) is 0 Å². The van der Waals surface area contributed by atoms with Crippen LogP contribution in [0.15, 0.2) is 47.9 Å². The summed E-state index contributed by atoms with van der Waals surface area (Å²) < 4.78 is 7.57. The molecule has 7 heteroatoms. The smallest absolute Gasteiger partial charge is 0.290 e. The van der Waals surface area contributed by atoms with Crippen LogP contribution in [0, 0.1) is 0 Å². The number of imidazole rings is 1. The number of aromatic nitrogens is 2. The van der Waals surface area contributed by atoms with E-state index < -0.39 is 0 Å². The molecule has 6 nitrogen and oxygen atoms in total. The first kappa shape index (κ1) is 14.4. The monoisotopic (exact) mass is 315 g/mol. The van der Waals surface area contributed by atoms with Crippen molar-refractivity contribution in [2.75, 3.05) is 6.61 Å². The lowest BCUT2D eigenvalue weighted by Crippen LogP contribution is -2.17. The van der Waals surface area contributed by atoms with Gasteiger partial charge in [0, 0.05) is 12.4 Å². The Morgan fingerprint density at radius 3 is 2.73 bits per heavy atom. The molecular weight excluding hydrogens is 302 g/mol. The fraction of sp³-hybridized carbons (Fsp3) is 0.133. The molecule has 1 N–H and O–H groups in total. The van der Waals surface area contributed by atoms with Crippen molar-refractivity contribution in [3.8, 4) is 5.75 Å². The lowest BCUT2D eigenvalue weighted by Gasteiger charge is -2.07. The molecule has 1 aliphatic rings. The molecule has 2 amide bonds. The third-order valence-electron chi connectivity index (χ3n) is 3.00. The van der Waals surface area contributed by atoms with Crippen molar-refractivity contribution in [1.29, 1.82) is 0 Å². The van der Waals surface area contributed by atoms with Crippen molar-refractivity contribution in [3.05, 3.63) is 53.5 Å². The highest BCUT2D eigenvalue weighted by molar-refractivity contribution is 8.18. The van der Waals surface area contributed by atoms with E-state index in [2.05, 4.69) is 10.3 Å². The van der Waals surface area contributed by atoms with Gasteiger partial charge in [-0.05, 0) is 35.5 Å². The fourth-order valence-electron chi connectivity index (χ4n) is 1.92. The van der Waals surface area contributed by atoms with E-state index in [9.17, 15) is 9.59 Å². The third kappa shape index (κ3) is 3.56. The first-order chi connectivity index (χ1) is 10.7. The lowest BCUT2D eigenvalue weighted by atomic mass is 10.2. The second-order valence-electron chi connectivity index (χ2n) is 4.57. The van der Waals surface area contributed by atoms with Crippen LogP contribution in [-0.4, -0.2) is 27.3 Å². The summed E-state index contributed by atoms with van der Waals surface area (Å²) in [6.45, 7) is 1.27. The van der Waals surface area contributed by atoms with E-state index in [0.29, 0.717) is 11.5 Å². The molecule has 0 aliphatic carbocycles. The van der Waals surface area contributed by atoms with Crippen molar-refractivity contribution < 1.29 is 14.3 Å². The number of nitrogens with one attached hydrogen (secondary N) is 1. The number of imide groups is 1. The Kier molecular flexibility index (Phi) is 4.24. The van der Waals surface area contributed by atoms with Gasteiger partial charge in [-0.3, -0.25) is 14.9 Å². The molecule has 1 saturated heterocycles. The molecule has 2 heterocycles. The van der Waals surface area contributed by atoms with Gasteiger partial charge in [0.05, 0.1) is 17.8 Å². The quantitative estimate of drug-likeness (QED) is 0.857. The van der Waals surface area contributed by atoms with Crippen molar-refractivity contribution in [2.24, 2.45) is 0 Å². The van der Waals surface area contributed by atoms with E-state index in [1.54, 1.807) is 18.6 Å². The minimum Gasteiger partial charge on any atom is -0.492 e. The Labute approximate surface area is 131 Å². The van der Waals surface area contributed by atoms with Gasteiger partial charge in [-0.2, -0.15) is 0 Å². The highest BCUT2D eigenvalue weighted by Gasteiger charge is 2.24. The van der Waals surface area contributed by atoms with Gasteiger partial charge in [0.25, 0.3) is 11.1 Å². The second-order valence-corrected chi connectivity index (χ2v) is 5.58. The lowest BCUT2D eigenvalue weighted by molar-refractivity contribution is -0.115. The molecule has 0 atom stereocenters. The minimum atomic E-state index is -0.351. The number of carbonyl (C=O) groups is 2. The standard InChI is InChI=1S/C15H13N3O3S/c19-14-13(22-15(20)17-14)9-11-1-3-12(4-2-11)21-8-7-18-6-5-16-10-18/h1-6,9-10H,7-8H2,(H,17,19,20)/b13-9-. The van der Waals surface area contributed by atoms with Gasteiger partial charge in [0.2, 0.25) is 0 Å². The Morgan fingerprint density at radius 1 is 1.27 bits per heavy atom. The first-order valence-corrected chi connectivity index (χ1v) is 7.46. The van der Waals surface area contributed by atoms with Crippen LogP contribution in [0.3, 0.4) is 0 Å². The molecule has 0 saturated carbocycles. The summed E-state index contributed by atoms with van der Waals surface area (Å²) in [6, 6.07) is 7.35. The molecule has 1 aliphatic heterocycles. The number of hydrogen-bond acceptors (Lipinski definition) is 5. The SMILES string of the molecule is O=C1NC(=O)/C(=C/c2ccc(OCCn3ccnc3)cc2)S1. The third-order valence-corrected chi connectivity index (χ3v) is 3.81. The van der Waals surface area contributed by atoms with Crippen LogP contribution in [0.5, 0.6) is 5.75 Å². The summed E-state index contributed by atoms with van der Waals surface area (Å²) in [5.41, 5.74) is 0.842. The molecule has 1 aromatic heterocycles. The van der Waals surface area contributed by atoms with Gasteiger partial charge in [0.1, 0.15) is 12.4 Å². The van der Waals surface area contributed by atoms with Crippen molar-refractivity contribution in [1.82, 2.24) is 14.9 Å². The average molecular weight is 315 g/mol. The number of ether oxygens (including phenoxy) is 1. The molecule has 0 bridgehead atoms. The van der Waals surface area contributed by atoms with E-state index in [1.165, 1.54) is 0 Å². The van der Waals surface area contributed by atoms with Crippen LogP contribution in [0.1, 0.15) is 5.56 Å². The Morgan fingerprint density at radius 2 is 2.09 bits per heavy atom. The normalized spacial score (nSPS) is 16.1. The van der Waals surface area contributed by atoms with Crippen molar-refractivity contribution >= 4 is 29.0 Å². The molecule has 22 heavy (non-hydrogen) atoms. The maximum Gasteiger partial charge on any atom is 0.290 e. The Balaban J connectivity index is 1.57. The zero-order chi connectivity index (χ0) is 15.4. The summed E-state index contributed by atoms with van der Waals surface area (Å²) in [6.07, 6.45) is 7.03. The molecular formula is C15H13N3O3S. The van der Waals surface area contributed by atoms with Gasteiger partial charge in [-0.15, -0.1) is 0 Å². The predicted octanol–water partition coefficient (Wildman–Crippen LogP) is 2.29. The van der Waals surface area contributed by atoms with Gasteiger partial charge in [-0.25, -0.2) is 4.98 Å². The maximum atomic E-state index is 11.5.